The molecule has 2 aromatic rings. The Bertz CT molecular complexity index is 778. The summed E-state index contributed by atoms with van der Waals surface area (Å²) >= 11 is 0. The predicted octanol–water partition coefficient (Wildman–Crippen LogP) is 2.35. The molecule has 2 heterocycles. The molecule has 1 aromatic carbocycles. The van der Waals surface area contributed by atoms with Crippen molar-refractivity contribution >= 4 is 10.0 Å². The maximum Gasteiger partial charge on any atom is 0.266 e. The summed E-state index contributed by atoms with van der Waals surface area (Å²) in [6.07, 6.45) is 0.581. The minimum atomic E-state index is -3.44. The molecule has 0 spiro atoms. The molecule has 0 aliphatic carbocycles. The lowest BCUT2D eigenvalue weighted by Crippen LogP contribution is -2.47. The summed E-state index contributed by atoms with van der Waals surface area (Å²) in [5.74, 6) is 0.0859. The van der Waals surface area contributed by atoms with E-state index < -0.39 is 15.7 Å². The Morgan fingerprint density at radius 3 is 2.78 bits per heavy atom. The summed E-state index contributed by atoms with van der Waals surface area (Å²) in [6, 6.07) is 9.11. The first-order chi connectivity index (χ1) is 10.9. The number of alkyl halides is 1. The molecule has 1 aliphatic heterocycles. The Morgan fingerprint density at radius 2 is 2.09 bits per heavy atom. The van der Waals surface area contributed by atoms with Crippen LogP contribution in [0.2, 0.25) is 0 Å². The lowest BCUT2D eigenvalue weighted by Gasteiger charge is -2.33. The van der Waals surface area contributed by atoms with Gasteiger partial charge in [-0.1, -0.05) is 35.5 Å². The Hall–Kier alpha value is -1.80. The Balaban J connectivity index is 1.87. The van der Waals surface area contributed by atoms with Crippen LogP contribution in [-0.2, 0) is 15.7 Å². The normalized spacial score (nSPS) is 23.0. The van der Waals surface area contributed by atoms with E-state index in [9.17, 15) is 8.42 Å². The molecule has 0 amide bonds. The molecule has 1 saturated heterocycles. The highest BCUT2D eigenvalue weighted by Gasteiger charge is 2.45. The summed E-state index contributed by atoms with van der Waals surface area (Å²) in [7, 11) is -3.44. The van der Waals surface area contributed by atoms with E-state index in [-0.39, 0.29) is 24.6 Å². The highest BCUT2D eigenvalue weighted by atomic mass is 32.2. The average molecular weight is 339 g/mol. The first-order valence-corrected chi connectivity index (χ1v) is 9.12. The van der Waals surface area contributed by atoms with E-state index in [2.05, 4.69) is 10.1 Å². The molecule has 0 saturated carbocycles. The van der Waals surface area contributed by atoms with Crippen molar-refractivity contribution in [2.24, 2.45) is 0 Å². The highest BCUT2D eigenvalue weighted by Crippen LogP contribution is 2.36. The van der Waals surface area contributed by atoms with Gasteiger partial charge < -0.3 is 4.52 Å². The number of aromatic nitrogens is 2. The van der Waals surface area contributed by atoms with Gasteiger partial charge in [0.25, 0.3) is 5.89 Å². The molecule has 0 radical (unpaired) electrons. The maximum atomic E-state index is 15.2. The van der Waals surface area contributed by atoms with Gasteiger partial charge in [0.2, 0.25) is 21.5 Å². The van der Waals surface area contributed by atoms with Crippen LogP contribution in [0.25, 0.3) is 11.4 Å². The van der Waals surface area contributed by atoms with Crippen molar-refractivity contribution in [1.82, 2.24) is 14.4 Å². The fourth-order valence-corrected chi connectivity index (χ4v) is 3.85. The summed E-state index contributed by atoms with van der Waals surface area (Å²) in [4.78, 5) is 4.14. The van der Waals surface area contributed by atoms with Gasteiger partial charge in [-0.05, 0) is 19.8 Å². The molecule has 3 rings (SSSR count). The SMILES string of the molecule is CCS(=O)(=O)N1CCCC(F)(c2nc(-c3ccccc3)no2)C1. The van der Waals surface area contributed by atoms with Crippen molar-refractivity contribution in [3.05, 3.63) is 36.2 Å². The molecule has 1 atom stereocenters. The second-order valence-electron chi connectivity index (χ2n) is 5.59. The van der Waals surface area contributed by atoms with E-state index >= 15 is 4.39 Å². The molecule has 1 unspecified atom stereocenters. The molecular weight excluding hydrogens is 321 g/mol. The zero-order valence-electron chi connectivity index (χ0n) is 12.8. The van der Waals surface area contributed by atoms with Crippen molar-refractivity contribution in [1.29, 1.82) is 0 Å². The van der Waals surface area contributed by atoms with E-state index in [1.165, 1.54) is 4.31 Å². The molecule has 23 heavy (non-hydrogen) atoms. The van der Waals surface area contributed by atoms with Crippen molar-refractivity contribution in [3.8, 4) is 11.4 Å². The number of sulfonamides is 1. The molecule has 1 aliphatic rings. The summed E-state index contributed by atoms with van der Waals surface area (Å²) in [5.41, 5.74) is -1.22. The number of halogens is 1. The fraction of sp³-hybridized carbons (Fsp3) is 0.467. The number of piperidine rings is 1. The van der Waals surface area contributed by atoms with Crippen molar-refractivity contribution in [2.45, 2.75) is 25.4 Å². The van der Waals surface area contributed by atoms with Crippen molar-refractivity contribution < 1.29 is 17.3 Å². The first-order valence-electron chi connectivity index (χ1n) is 7.51. The van der Waals surface area contributed by atoms with Crippen molar-refractivity contribution in [3.63, 3.8) is 0 Å². The van der Waals surface area contributed by atoms with Gasteiger partial charge in [-0.15, -0.1) is 0 Å². The van der Waals surface area contributed by atoms with Gasteiger partial charge in [0, 0.05) is 12.1 Å². The number of hydrogen-bond acceptors (Lipinski definition) is 5. The van der Waals surface area contributed by atoms with Crippen LogP contribution in [0, 0.1) is 0 Å². The van der Waals surface area contributed by atoms with Crippen molar-refractivity contribution in [2.75, 3.05) is 18.8 Å². The van der Waals surface area contributed by atoms with E-state index in [4.69, 9.17) is 4.52 Å². The zero-order valence-corrected chi connectivity index (χ0v) is 13.6. The second kappa shape index (κ2) is 6.01. The minimum absolute atomic E-state index is 0.0534. The van der Waals surface area contributed by atoms with Crippen LogP contribution >= 0.6 is 0 Å². The Morgan fingerprint density at radius 1 is 1.35 bits per heavy atom. The van der Waals surface area contributed by atoms with Gasteiger partial charge in [0.05, 0.1) is 12.3 Å². The monoisotopic (exact) mass is 339 g/mol. The quantitative estimate of drug-likeness (QED) is 0.854. The number of rotatable bonds is 4. The summed E-state index contributed by atoms with van der Waals surface area (Å²) in [6.45, 7) is 1.59. The van der Waals surface area contributed by atoms with Crippen LogP contribution in [0.1, 0.15) is 25.7 Å². The van der Waals surface area contributed by atoms with Crippen LogP contribution in [0.15, 0.2) is 34.9 Å². The second-order valence-corrected chi connectivity index (χ2v) is 7.85. The number of nitrogens with zero attached hydrogens (tertiary/aromatic N) is 3. The lowest BCUT2D eigenvalue weighted by atomic mass is 9.96. The topological polar surface area (TPSA) is 76.3 Å². The van der Waals surface area contributed by atoms with Gasteiger partial charge in [0.15, 0.2) is 0 Å². The Labute approximate surface area is 134 Å². The average Bonchev–Trinajstić information content (AvgIpc) is 3.07. The Kier molecular flexibility index (Phi) is 4.20. The number of benzene rings is 1. The highest BCUT2D eigenvalue weighted by molar-refractivity contribution is 7.89. The lowest BCUT2D eigenvalue weighted by molar-refractivity contribution is 0.0471. The smallest absolute Gasteiger partial charge is 0.266 e. The molecule has 124 valence electrons. The van der Waals surface area contributed by atoms with Gasteiger partial charge in [-0.25, -0.2) is 12.8 Å². The number of hydrogen-bond donors (Lipinski definition) is 0. The van der Waals surface area contributed by atoms with E-state index in [0.29, 0.717) is 18.8 Å². The third-order valence-electron chi connectivity index (χ3n) is 4.01. The van der Waals surface area contributed by atoms with Gasteiger partial charge in [-0.3, -0.25) is 0 Å². The molecule has 0 bridgehead atoms. The van der Waals surface area contributed by atoms with Crippen LogP contribution in [-0.4, -0.2) is 41.7 Å². The third-order valence-corrected chi connectivity index (χ3v) is 5.84. The molecule has 0 N–H and O–H groups in total. The fourth-order valence-electron chi connectivity index (χ4n) is 2.68. The van der Waals surface area contributed by atoms with Crippen LogP contribution in [0.4, 0.5) is 4.39 Å². The van der Waals surface area contributed by atoms with E-state index in [1.807, 2.05) is 18.2 Å². The molecule has 8 heteroatoms. The molecule has 6 nitrogen and oxygen atoms in total. The van der Waals surface area contributed by atoms with Crippen LogP contribution in [0.3, 0.4) is 0 Å². The van der Waals surface area contributed by atoms with Crippen LogP contribution in [0.5, 0.6) is 0 Å². The van der Waals surface area contributed by atoms with E-state index in [0.717, 1.165) is 5.56 Å². The van der Waals surface area contributed by atoms with E-state index in [1.54, 1.807) is 19.1 Å². The van der Waals surface area contributed by atoms with Gasteiger partial charge >= 0.3 is 0 Å². The van der Waals surface area contributed by atoms with Gasteiger partial charge in [-0.2, -0.15) is 9.29 Å². The van der Waals surface area contributed by atoms with Crippen LogP contribution < -0.4 is 0 Å². The predicted molar refractivity (Wildman–Crippen MR) is 82.8 cm³/mol. The minimum Gasteiger partial charge on any atom is -0.335 e. The third kappa shape index (κ3) is 3.13. The maximum absolute atomic E-state index is 15.2. The largest absolute Gasteiger partial charge is 0.335 e. The zero-order chi connectivity index (χ0) is 16.5. The molecular formula is C15H18FN3O3S. The first kappa shape index (κ1) is 16.1. The van der Waals surface area contributed by atoms with Gasteiger partial charge in [0.1, 0.15) is 0 Å². The summed E-state index contributed by atoms with van der Waals surface area (Å²) in [5, 5.41) is 3.82. The standard InChI is InChI=1S/C15H18FN3O3S/c1-2-23(20,21)19-10-6-9-15(16,11-19)14-17-13(18-22-14)12-7-4-3-5-8-12/h3-5,7-8H,2,6,9-11H2,1H3. The molecule has 1 fully saturated rings. The molecule has 1 aromatic heterocycles. The summed E-state index contributed by atoms with van der Waals surface area (Å²) < 4.78 is 45.5.